The molecule has 0 bridgehead atoms. The van der Waals surface area contributed by atoms with Crippen molar-refractivity contribution < 1.29 is 8.78 Å². The third-order valence-electron chi connectivity index (χ3n) is 3.52. The van der Waals surface area contributed by atoms with Gasteiger partial charge in [0, 0.05) is 0 Å². The molecule has 0 aliphatic rings. The fourth-order valence-corrected chi connectivity index (χ4v) is 2.28. The van der Waals surface area contributed by atoms with Gasteiger partial charge in [0.1, 0.15) is 0 Å². The Kier molecular flexibility index (Phi) is 4.96. The maximum absolute atomic E-state index is 13.3. The van der Waals surface area contributed by atoms with E-state index in [0.29, 0.717) is 12.1 Å². The van der Waals surface area contributed by atoms with Crippen molar-refractivity contribution in [1.29, 1.82) is 0 Å². The second-order valence-electron chi connectivity index (χ2n) is 5.30. The van der Waals surface area contributed by atoms with Gasteiger partial charge in [0.05, 0.1) is 18.4 Å². The minimum absolute atomic E-state index is 0.503. The van der Waals surface area contributed by atoms with Crippen LogP contribution in [0.4, 0.5) is 14.5 Å². The van der Waals surface area contributed by atoms with Gasteiger partial charge in [0.25, 0.3) is 0 Å². The lowest BCUT2D eigenvalue weighted by Gasteiger charge is -2.19. The topological polar surface area (TPSA) is 15.6 Å². The van der Waals surface area contributed by atoms with Crippen LogP contribution >= 0.6 is 0 Å². The molecule has 0 amide bonds. The van der Waals surface area contributed by atoms with Gasteiger partial charge in [-0.2, -0.15) is 5.10 Å². The molecule has 3 rings (SSSR count). The van der Waals surface area contributed by atoms with Crippen LogP contribution in [-0.2, 0) is 6.54 Å². The number of hydrogen-bond acceptors (Lipinski definition) is 2. The van der Waals surface area contributed by atoms with E-state index in [1.54, 1.807) is 0 Å². The predicted molar refractivity (Wildman–Crippen MR) is 93.0 cm³/mol. The molecule has 4 heteroatoms. The molecular formula is C20H16F2N2. The zero-order chi connectivity index (χ0) is 16.8. The summed E-state index contributed by atoms with van der Waals surface area (Å²) in [5.41, 5.74) is 2.52. The van der Waals surface area contributed by atoms with Crippen LogP contribution < -0.4 is 5.01 Å². The number of para-hydroxylation sites is 1. The minimum Gasteiger partial charge on any atom is -0.261 e. The van der Waals surface area contributed by atoms with Crippen LogP contribution in [0.1, 0.15) is 11.1 Å². The summed E-state index contributed by atoms with van der Waals surface area (Å²) in [6, 6.07) is 23.3. The molecule has 24 heavy (non-hydrogen) atoms. The number of benzene rings is 3. The van der Waals surface area contributed by atoms with Crippen molar-refractivity contribution in [3.63, 3.8) is 0 Å². The van der Waals surface area contributed by atoms with Crippen molar-refractivity contribution >= 4 is 11.9 Å². The van der Waals surface area contributed by atoms with Gasteiger partial charge in [-0.25, -0.2) is 8.78 Å². The highest BCUT2D eigenvalue weighted by atomic mass is 19.2. The average Bonchev–Trinajstić information content (AvgIpc) is 2.63. The first kappa shape index (κ1) is 15.9. The molecule has 0 saturated carbocycles. The molecule has 0 atom stereocenters. The van der Waals surface area contributed by atoms with Gasteiger partial charge in [-0.05, 0) is 35.4 Å². The van der Waals surface area contributed by atoms with Crippen LogP contribution in [0.3, 0.4) is 0 Å². The zero-order valence-electron chi connectivity index (χ0n) is 12.9. The Balaban J connectivity index is 1.86. The first-order valence-corrected chi connectivity index (χ1v) is 7.58. The molecule has 0 saturated heterocycles. The van der Waals surface area contributed by atoms with E-state index < -0.39 is 11.6 Å². The maximum Gasteiger partial charge on any atom is 0.159 e. The minimum atomic E-state index is -0.881. The van der Waals surface area contributed by atoms with Gasteiger partial charge in [-0.1, -0.05) is 54.6 Å². The van der Waals surface area contributed by atoms with Crippen LogP contribution in [0.15, 0.2) is 84.0 Å². The third kappa shape index (κ3) is 4.04. The van der Waals surface area contributed by atoms with E-state index in [9.17, 15) is 8.78 Å². The summed E-state index contributed by atoms with van der Waals surface area (Å²) in [6.45, 7) is 0.574. The smallest absolute Gasteiger partial charge is 0.159 e. The van der Waals surface area contributed by atoms with Crippen LogP contribution in [0.2, 0.25) is 0 Å². The van der Waals surface area contributed by atoms with Crippen LogP contribution in [-0.4, -0.2) is 6.21 Å². The Hall–Kier alpha value is -3.01. The molecule has 0 aliphatic carbocycles. The van der Waals surface area contributed by atoms with Crippen LogP contribution in [0.5, 0.6) is 0 Å². The predicted octanol–water partition coefficient (Wildman–Crippen LogP) is 5.01. The molecule has 0 aromatic heterocycles. The van der Waals surface area contributed by atoms with Crippen LogP contribution in [0, 0.1) is 11.6 Å². The molecule has 0 heterocycles. The summed E-state index contributed by atoms with van der Waals surface area (Å²) in [5, 5.41) is 6.27. The normalized spacial score (nSPS) is 10.9. The number of hydrogen-bond donors (Lipinski definition) is 0. The van der Waals surface area contributed by atoms with E-state index in [-0.39, 0.29) is 0 Å². The lowest BCUT2D eigenvalue weighted by molar-refractivity contribution is 0.508. The number of hydrazone groups is 1. The number of anilines is 1. The van der Waals surface area contributed by atoms with E-state index >= 15 is 0 Å². The summed E-state index contributed by atoms with van der Waals surface area (Å²) in [4.78, 5) is 0. The van der Waals surface area contributed by atoms with Crippen molar-refractivity contribution in [2.24, 2.45) is 5.10 Å². The van der Waals surface area contributed by atoms with E-state index in [1.165, 1.54) is 12.3 Å². The largest absolute Gasteiger partial charge is 0.261 e. The number of nitrogens with zero attached hydrogens (tertiary/aromatic N) is 2. The molecule has 120 valence electrons. The highest BCUT2D eigenvalue weighted by Crippen LogP contribution is 2.17. The second-order valence-corrected chi connectivity index (χ2v) is 5.30. The third-order valence-corrected chi connectivity index (χ3v) is 3.52. The van der Waals surface area contributed by atoms with Crippen molar-refractivity contribution in [1.82, 2.24) is 0 Å². The molecule has 3 aromatic rings. The SMILES string of the molecule is Fc1ccc(C=NN(Cc2ccccc2)c2ccccc2)cc1F. The van der Waals surface area contributed by atoms with E-state index in [1.807, 2.05) is 65.7 Å². The summed E-state index contributed by atoms with van der Waals surface area (Å²) in [5.74, 6) is -1.75. The first-order valence-electron chi connectivity index (χ1n) is 7.58. The number of rotatable bonds is 5. The first-order chi connectivity index (χ1) is 11.7. The second kappa shape index (κ2) is 7.51. The van der Waals surface area contributed by atoms with E-state index in [2.05, 4.69) is 5.10 Å². The molecule has 2 nitrogen and oxygen atoms in total. The Morgan fingerprint density at radius 1 is 0.792 bits per heavy atom. The zero-order valence-corrected chi connectivity index (χ0v) is 12.9. The van der Waals surface area contributed by atoms with Crippen molar-refractivity contribution in [2.75, 3.05) is 5.01 Å². The fraction of sp³-hybridized carbons (Fsp3) is 0.0500. The molecule has 0 aliphatic heterocycles. The van der Waals surface area contributed by atoms with Gasteiger partial charge < -0.3 is 0 Å². The molecule has 3 aromatic carbocycles. The lowest BCUT2D eigenvalue weighted by Crippen LogP contribution is -2.16. The molecule has 0 N–H and O–H groups in total. The van der Waals surface area contributed by atoms with Gasteiger partial charge in [0.15, 0.2) is 11.6 Å². The summed E-state index contributed by atoms with van der Waals surface area (Å²) in [7, 11) is 0. The monoisotopic (exact) mass is 322 g/mol. The molecule has 0 unspecified atom stereocenters. The highest BCUT2D eigenvalue weighted by molar-refractivity contribution is 5.80. The Morgan fingerprint density at radius 3 is 2.12 bits per heavy atom. The molecule has 0 radical (unpaired) electrons. The summed E-state index contributed by atoms with van der Waals surface area (Å²) in [6.07, 6.45) is 1.53. The summed E-state index contributed by atoms with van der Waals surface area (Å²) >= 11 is 0. The standard InChI is InChI=1S/C20H16F2N2/c21-19-12-11-17(13-20(19)22)14-23-24(18-9-5-2-6-10-18)15-16-7-3-1-4-8-16/h1-14H,15H2. The Bertz CT molecular complexity index is 818. The Labute approximate surface area is 139 Å². The highest BCUT2D eigenvalue weighted by Gasteiger charge is 2.06. The van der Waals surface area contributed by atoms with Gasteiger partial charge in [0.2, 0.25) is 0 Å². The summed E-state index contributed by atoms with van der Waals surface area (Å²) < 4.78 is 26.3. The van der Waals surface area contributed by atoms with Crippen molar-refractivity contribution in [2.45, 2.75) is 6.54 Å². The van der Waals surface area contributed by atoms with E-state index in [4.69, 9.17) is 0 Å². The maximum atomic E-state index is 13.3. The van der Waals surface area contributed by atoms with Gasteiger partial charge >= 0.3 is 0 Å². The van der Waals surface area contributed by atoms with Gasteiger partial charge in [-0.3, -0.25) is 5.01 Å². The molecule has 0 fully saturated rings. The fourth-order valence-electron chi connectivity index (χ4n) is 2.28. The molecular weight excluding hydrogens is 306 g/mol. The van der Waals surface area contributed by atoms with Crippen LogP contribution in [0.25, 0.3) is 0 Å². The van der Waals surface area contributed by atoms with Gasteiger partial charge in [-0.15, -0.1) is 0 Å². The van der Waals surface area contributed by atoms with Crippen molar-refractivity contribution in [3.8, 4) is 0 Å². The number of halogens is 2. The van der Waals surface area contributed by atoms with E-state index in [0.717, 1.165) is 23.4 Å². The lowest BCUT2D eigenvalue weighted by atomic mass is 10.2. The average molecular weight is 322 g/mol. The quantitative estimate of drug-likeness (QED) is 0.476. The molecule has 0 spiro atoms. The van der Waals surface area contributed by atoms with Crippen molar-refractivity contribution in [3.05, 3.63) is 102 Å². The Morgan fingerprint density at radius 2 is 1.46 bits per heavy atom.